The van der Waals surface area contributed by atoms with Gasteiger partial charge in [-0.3, -0.25) is 0 Å². The molecule has 0 saturated carbocycles. The summed E-state index contributed by atoms with van der Waals surface area (Å²) in [6.07, 6.45) is 1.87. The third-order valence-corrected chi connectivity index (χ3v) is 4.37. The molecule has 1 heteroatoms. The van der Waals surface area contributed by atoms with E-state index in [1.54, 1.807) is 0 Å². The van der Waals surface area contributed by atoms with Gasteiger partial charge in [-0.05, 0) is 59.9 Å². The highest BCUT2D eigenvalue weighted by Crippen LogP contribution is 2.27. The van der Waals surface area contributed by atoms with E-state index < -0.39 is 0 Å². The Morgan fingerprint density at radius 3 is 1.95 bits per heavy atom. The van der Waals surface area contributed by atoms with E-state index in [9.17, 15) is 0 Å². The Bertz CT molecular complexity index is 597. The van der Waals surface area contributed by atoms with E-state index in [1.165, 1.54) is 27.8 Å². The van der Waals surface area contributed by atoms with Gasteiger partial charge in [-0.1, -0.05) is 63.2 Å². The normalized spacial score (nSPS) is 13.2. The van der Waals surface area contributed by atoms with Crippen molar-refractivity contribution in [2.24, 2.45) is 5.73 Å². The van der Waals surface area contributed by atoms with Crippen LogP contribution in [0.25, 0.3) is 0 Å². The van der Waals surface area contributed by atoms with Gasteiger partial charge in [0.15, 0.2) is 0 Å². The summed E-state index contributed by atoms with van der Waals surface area (Å²) < 4.78 is 0. The van der Waals surface area contributed by atoms with Crippen LogP contribution in [-0.4, -0.2) is 6.04 Å². The summed E-state index contributed by atoms with van der Waals surface area (Å²) in [6, 6.07) is 15.3. The lowest BCUT2D eigenvalue weighted by Crippen LogP contribution is -2.26. The molecule has 0 aliphatic carbocycles. The maximum absolute atomic E-state index is 6.40. The summed E-state index contributed by atoms with van der Waals surface area (Å²) in [5.41, 5.74) is 13.5. The van der Waals surface area contributed by atoms with Crippen LogP contribution < -0.4 is 5.73 Å². The SMILES string of the molecule is Cc1cc(C(C)(C)C)cc(C)c1CC(N)Cc1ccccc1. The van der Waals surface area contributed by atoms with E-state index in [0.717, 1.165) is 12.8 Å². The van der Waals surface area contributed by atoms with Crippen molar-refractivity contribution >= 4 is 0 Å². The first-order valence-corrected chi connectivity index (χ1v) is 8.17. The van der Waals surface area contributed by atoms with Crippen LogP contribution >= 0.6 is 0 Å². The van der Waals surface area contributed by atoms with E-state index in [0.29, 0.717) is 0 Å². The molecule has 1 unspecified atom stereocenters. The summed E-state index contributed by atoms with van der Waals surface area (Å²) in [7, 11) is 0. The molecule has 2 aromatic carbocycles. The molecule has 0 fully saturated rings. The maximum atomic E-state index is 6.40. The molecule has 2 rings (SSSR count). The second-order valence-corrected chi connectivity index (χ2v) is 7.49. The number of aryl methyl sites for hydroxylation is 2. The fourth-order valence-corrected chi connectivity index (χ4v) is 3.00. The number of benzene rings is 2. The monoisotopic (exact) mass is 295 g/mol. The van der Waals surface area contributed by atoms with Crippen molar-refractivity contribution in [2.45, 2.75) is 58.9 Å². The largest absolute Gasteiger partial charge is 0.327 e. The van der Waals surface area contributed by atoms with Crippen molar-refractivity contribution in [1.29, 1.82) is 0 Å². The molecule has 0 aliphatic rings. The van der Waals surface area contributed by atoms with E-state index in [1.807, 2.05) is 0 Å². The zero-order valence-corrected chi connectivity index (χ0v) is 14.6. The highest BCUT2D eigenvalue weighted by atomic mass is 14.6. The van der Waals surface area contributed by atoms with Gasteiger partial charge in [0.05, 0.1) is 0 Å². The van der Waals surface area contributed by atoms with Crippen LogP contribution in [0.4, 0.5) is 0 Å². The Hall–Kier alpha value is -1.60. The summed E-state index contributed by atoms with van der Waals surface area (Å²) in [6.45, 7) is 11.2. The Morgan fingerprint density at radius 1 is 0.909 bits per heavy atom. The first-order valence-electron chi connectivity index (χ1n) is 8.17. The van der Waals surface area contributed by atoms with Crippen molar-refractivity contribution < 1.29 is 0 Å². The van der Waals surface area contributed by atoms with Crippen LogP contribution in [0.1, 0.15) is 48.6 Å². The fourth-order valence-electron chi connectivity index (χ4n) is 3.00. The molecule has 2 aromatic rings. The predicted molar refractivity (Wildman–Crippen MR) is 96.4 cm³/mol. The van der Waals surface area contributed by atoms with Crippen LogP contribution in [0.3, 0.4) is 0 Å². The lowest BCUT2D eigenvalue weighted by atomic mass is 9.82. The van der Waals surface area contributed by atoms with Gasteiger partial charge in [0.25, 0.3) is 0 Å². The minimum absolute atomic E-state index is 0.167. The van der Waals surface area contributed by atoms with Gasteiger partial charge in [-0.2, -0.15) is 0 Å². The van der Waals surface area contributed by atoms with Crippen molar-refractivity contribution in [3.05, 3.63) is 70.3 Å². The van der Waals surface area contributed by atoms with E-state index in [2.05, 4.69) is 77.1 Å². The van der Waals surface area contributed by atoms with Crippen LogP contribution in [0.5, 0.6) is 0 Å². The minimum Gasteiger partial charge on any atom is -0.327 e. The highest BCUT2D eigenvalue weighted by molar-refractivity contribution is 5.41. The van der Waals surface area contributed by atoms with Crippen molar-refractivity contribution in [2.75, 3.05) is 0 Å². The van der Waals surface area contributed by atoms with Crippen LogP contribution in [0.15, 0.2) is 42.5 Å². The molecule has 0 heterocycles. The van der Waals surface area contributed by atoms with Gasteiger partial charge in [0.2, 0.25) is 0 Å². The molecule has 22 heavy (non-hydrogen) atoms. The lowest BCUT2D eigenvalue weighted by molar-refractivity contribution is 0.587. The van der Waals surface area contributed by atoms with E-state index >= 15 is 0 Å². The van der Waals surface area contributed by atoms with Crippen molar-refractivity contribution in [1.82, 2.24) is 0 Å². The number of hydrogen-bond acceptors (Lipinski definition) is 1. The van der Waals surface area contributed by atoms with Crippen LogP contribution in [0.2, 0.25) is 0 Å². The molecule has 2 N–H and O–H groups in total. The van der Waals surface area contributed by atoms with Gasteiger partial charge in [0, 0.05) is 6.04 Å². The van der Waals surface area contributed by atoms with E-state index in [4.69, 9.17) is 5.73 Å². The Kier molecular flexibility index (Phi) is 5.08. The minimum atomic E-state index is 0.167. The molecule has 0 spiro atoms. The molecular weight excluding hydrogens is 266 g/mol. The Morgan fingerprint density at radius 2 is 1.45 bits per heavy atom. The van der Waals surface area contributed by atoms with Gasteiger partial charge in [-0.15, -0.1) is 0 Å². The molecule has 1 nitrogen and oxygen atoms in total. The summed E-state index contributed by atoms with van der Waals surface area (Å²) in [5.74, 6) is 0. The number of hydrogen-bond donors (Lipinski definition) is 1. The van der Waals surface area contributed by atoms with Gasteiger partial charge >= 0.3 is 0 Å². The predicted octanol–water partition coefficient (Wildman–Crippen LogP) is 4.71. The summed E-state index contributed by atoms with van der Waals surface area (Å²) in [5, 5.41) is 0. The average Bonchev–Trinajstić information content (AvgIpc) is 2.42. The van der Waals surface area contributed by atoms with Crippen LogP contribution in [-0.2, 0) is 18.3 Å². The smallest absolute Gasteiger partial charge is 0.0120 e. The van der Waals surface area contributed by atoms with Gasteiger partial charge in [-0.25, -0.2) is 0 Å². The van der Waals surface area contributed by atoms with E-state index in [-0.39, 0.29) is 11.5 Å². The molecule has 0 aromatic heterocycles. The maximum Gasteiger partial charge on any atom is 0.0120 e. The molecule has 0 radical (unpaired) electrons. The Balaban J connectivity index is 2.16. The van der Waals surface area contributed by atoms with Crippen molar-refractivity contribution in [3.63, 3.8) is 0 Å². The van der Waals surface area contributed by atoms with Crippen molar-refractivity contribution in [3.8, 4) is 0 Å². The molecular formula is C21H29N. The first-order chi connectivity index (χ1) is 10.3. The third kappa shape index (κ3) is 4.20. The van der Waals surface area contributed by atoms with Gasteiger partial charge in [0.1, 0.15) is 0 Å². The molecule has 0 amide bonds. The molecule has 1 atom stereocenters. The quantitative estimate of drug-likeness (QED) is 0.868. The first kappa shape index (κ1) is 16.8. The molecule has 118 valence electrons. The molecule has 0 saturated heterocycles. The second-order valence-electron chi connectivity index (χ2n) is 7.49. The third-order valence-electron chi connectivity index (χ3n) is 4.37. The zero-order valence-electron chi connectivity index (χ0n) is 14.6. The molecule has 0 bridgehead atoms. The Labute approximate surface area is 135 Å². The summed E-state index contributed by atoms with van der Waals surface area (Å²) >= 11 is 0. The standard InChI is InChI=1S/C21H29N/c1-15-11-18(21(3,4)5)12-16(2)20(15)14-19(22)13-17-9-7-6-8-10-17/h6-12,19H,13-14,22H2,1-5H3. The van der Waals surface area contributed by atoms with Crippen LogP contribution in [0, 0.1) is 13.8 Å². The highest BCUT2D eigenvalue weighted by Gasteiger charge is 2.17. The lowest BCUT2D eigenvalue weighted by Gasteiger charge is -2.23. The zero-order chi connectivity index (χ0) is 16.3. The number of nitrogens with two attached hydrogens (primary N) is 1. The number of rotatable bonds is 4. The van der Waals surface area contributed by atoms with Gasteiger partial charge < -0.3 is 5.73 Å². The molecule has 0 aliphatic heterocycles. The topological polar surface area (TPSA) is 26.0 Å². The average molecular weight is 295 g/mol. The second kappa shape index (κ2) is 6.66. The summed E-state index contributed by atoms with van der Waals surface area (Å²) in [4.78, 5) is 0. The fraction of sp³-hybridized carbons (Fsp3) is 0.429.